The van der Waals surface area contributed by atoms with E-state index in [1.807, 2.05) is 16.8 Å². The first-order chi connectivity index (χ1) is 10.4. The molecular formula is C15H15N3OS2. The summed E-state index contributed by atoms with van der Waals surface area (Å²) in [5, 5.41) is 12.5. The maximum Gasteiger partial charge on any atom is 0.241 e. The number of likely N-dealkylation sites (tertiary alicyclic amines) is 1. The van der Waals surface area contributed by atoms with Crippen LogP contribution in [0.15, 0.2) is 38.2 Å². The summed E-state index contributed by atoms with van der Waals surface area (Å²) in [5.74, 6) is 1.40. The summed E-state index contributed by atoms with van der Waals surface area (Å²) in [6, 6.07) is 4.73. The summed E-state index contributed by atoms with van der Waals surface area (Å²) in [6.45, 7) is 1.83. The van der Waals surface area contributed by atoms with Crippen molar-refractivity contribution in [2.24, 2.45) is 0 Å². The summed E-state index contributed by atoms with van der Waals surface area (Å²) >= 11 is 3.40. The van der Waals surface area contributed by atoms with Gasteiger partial charge in [-0.25, -0.2) is 0 Å². The molecule has 0 amide bonds. The molecule has 0 radical (unpaired) electrons. The van der Waals surface area contributed by atoms with Crippen molar-refractivity contribution in [2.75, 3.05) is 6.54 Å². The molecule has 1 aliphatic rings. The average Bonchev–Trinajstić information content (AvgIpc) is 3.28. The molecule has 0 aliphatic carbocycles. The van der Waals surface area contributed by atoms with E-state index in [1.165, 1.54) is 18.4 Å². The molecule has 4 nitrogen and oxygen atoms in total. The fourth-order valence-corrected chi connectivity index (χ4v) is 4.20. The van der Waals surface area contributed by atoms with Gasteiger partial charge < -0.3 is 4.52 Å². The molecule has 0 saturated carbocycles. The van der Waals surface area contributed by atoms with E-state index in [9.17, 15) is 0 Å². The predicted molar refractivity (Wildman–Crippen MR) is 84.3 cm³/mol. The lowest BCUT2D eigenvalue weighted by atomic mass is 10.1. The van der Waals surface area contributed by atoms with Crippen molar-refractivity contribution >= 4 is 22.7 Å². The number of aromatic nitrogens is 2. The Balaban J connectivity index is 1.51. The number of rotatable bonds is 4. The predicted octanol–water partition coefficient (Wildman–Crippen LogP) is 4.20. The third kappa shape index (κ3) is 2.66. The summed E-state index contributed by atoms with van der Waals surface area (Å²) in [4.78, 5) is 6.96. The van der Waals surface area contributed by atoms with Crippen LogP contribution in [0.4, 0.5) is 0 Å². The Morgan fingerprint density at radius 1 is 1.24 bits per heavy atom. The zero-order valence-corrected chi connectivity index (χ0v) is 13.1. The van der Waals surface area contributed by atoms with Gasteiger partial charge in [-0.15, -0.1) is 0 Å². The molecule has 4 rings (SSSR count). The molecule has 0 aromatic carbocycles. The van der Waals surface area contributed by atoms with Crippen molar-refractivity contribution in [3.8, 4) is 11.4 Å². The van der Waals surface area contributed by atoms with Crippen LogP contribution in [0.2, 0.25) is 0 Å². The molecular weight excluding hydrogens is 302 g/mol. The molecule has 1 saturated heterocycles. The van der Waals surface area contributed by atoms with Gasteiger partial charge in [0.25, 0.3) is 0 Å². The Morgan fingerprint density at radius 3 is 2.95 bits per heavy atom. The van der Waals surface area contributed by atoms with Crippen LogP contribution in [-0.2, 0) is 6.54 Å². The van der Waals surface area contributed by atoms with Crippen LogP contribution in [0.5, 0.6) is 0 Å². The Kier molecular flexibility index (Phi) is 3.58. The zero-order chi connectivity index (χ0) is 14.1. The maximum absolute atomic E-state index is 5.42. The first kappa shape index (κ1) is 13.2. The number of thiophene rings is 2. The van der Waals surface area contributed by atoms with Gasteiger partial charge in [0, 0.05) is 17.0 Å². The van der Waals surface area contributed by atoms with E-state index in [0.29, 0.717) is 17.8 Å². The largest absolute Gasteiger partial charge is 0.338 e. The van der Waals surface area contributed by atoms with Crippen LogP contribution in [0.25, 0.3) is 11.4 Å². The Hall–Kier alpha value is -1.50. The van der Waals surface area contributed by atoms with Gasteiger partial charge in [0.15, 0.2) is 0 Å². The SMILES string of the molecule is c1cc(-c2noc(CN3CCC[C@@H]3c3ccsc3)n2)cs1. The van der Waals surface area contributed by atoms with Crippen molar-refractivity contribution in [1.82, 2.24) is 15.0 Å². The van der Waals surface area contributed by atoms with E-state index >= 15 is 0 Å². The van der Waals surface area contributed by atoms with Crippen LogP contribution in [-0.4, -0.2) is 21.6 Å². The minimum Gasteiger partial charge on any atom is -0.338 e. The number of hydrogen-bond acceptors (Lipinski definition) is 6. The average molecular weight is 317 g/mol. The van der Waals surface area contributed by atoms with Gasteiger partial charge >= 0.3 is 0 Å². The lowest BCUT2D eigenvalue weighted by Gasteiger charge is -2.21. The summed E-state index contributed by atoms with van der Waals surface area (Å²) in [7, 11) is 0. The fraction of sp³-hybridized carbons (Fsp3) is 0.333. The van der Waals surface area contributed by atoms with Crippen LogP contribution < -0.4 is 0 Å². The molecule has 21 heavy (non-hydrogen) atoms. The minimum absolute atomic E-state index is 0.493. The van der Waals surface area contributed by atoms with Crippen LogP contribution in [0.3, 0.4) is 0 Å². The van der Waals surface area contributed by atoms with Crippen LogP contribution >= 0.6 is 22.7 Å². The van der Waals surface area contributed by atoms with Crippen molar-refractivity contribution < 1.29 is 4.52 Å². The van der Waals surface area contributed by atoms with E-state index in [-0.39, 0.29) is 0 Å². The van der Waals surface area contributed by atoms with Gasteiger partial charge in [0.1, 0.15) is 0 Å². The summed E-state index contributed by atoms with van der Waals surface area (Å²) in [5.41, 5.74) is 2.45. The highest BCUT2D eigenvalue weighted by molar-refractivity contribution is 7.08. The van der Waals surface area contributed by atoms with E-state index in [1.54, 1.807) is 22.7 Å². The Labute approximate surface area is 131 Å². The molecule has 0 N–H and O–H groups in total. The number of hydrogen-bond donors (Lipinski definition) is 0. The topological polar surface area (TPSA) is 42.2 Å². The lowest BCUT2D eigenvalue weighted by molar-refractivity contribution is 0.213. The van der Waals surface area contributed by atoms with E-state index in [4.69, 9.17) is 4.52 Å². The van der Waals surface area contributed by atoms with Gasteiger partial charge in [-0.05, 0) is 53.2 Å². The van der Waals surface area contributed by atoms with Crippen LogP contribution in [0, 0.1) is 0 Å². The normalized spacial score (nSPS) is 19.3. The molecule has 0 spiro atoms. The molecule has 3 aromatic rings. The van der Waals surface area contributed by atoms with Gasteiger partial charge in [-0.1, -0.05) is 5.16 Å². The van der Waals surface area contributed by atoms with Gasteiger partial charge in [-0.3, -0.25) is 4.90 Å². The first-order valence-electron chi connectivity index (χ1n) is 7.01. The van der Waals surface area contributed by atoms with Gasteiger partial charge in [0.2, 0.25) is 11.7 Å². The molecule has 3 aromatic heterocycles. The molecule has 1 aliphatic heterocycles. The van der Waals surface area contributed by atoms with Crippen LogP contribution in [0.1, 0.15) is 30.3 Å². The quantitative estimate of drug-likeness (QED) is 0.723. The number of nitrogens with zero attached hydrogens (tertiary/aromatic N) is 3. The molecule has 108 valence electrons. The highest BCUT2D eigenvalue weighted by atomic mass is 32.1. The smallest absolute Gasteiger partial charge is 0.241 e. The minimum atomic E-state index is 0.493. The van der Waals surface area contributed by atoms with E-state index in [2.05, 4.69) is 31.9 Å². The second kappa shape index (κ2) is 5.71. The second-order valence-corrected chi connectivity index (χ2v) is 6.77. The lowest BCUT2D eigenvalue weighted by Crippen LogP contribution is -2.22. The van der Waals surface area contributed by atoms with Gasteiger partial charge in [0.05, 0.1) is 6.54 Å². The second-order valence-electron chi connectivity index (χ2n) is 5.21. The molecule has 0 unspecified atom stereocenters. The molecule has 6 heteroatoms. The first-order valence-corrected chi connectivity index (χ1v) is 8.90. The summed E-state index contributed by atoms with van der Waals surface area (Å²) < 4.78 is 5.42. The van der Waals surface area contributed by atoms with Crippen molar-refractivity contribution in [3.05, 3.63) is 45.1 Å². The molecule has 1 atom stereocenters. The van der Waals surface area contributed by atoms with Gasteiger partial charge in [-0.2, -0.15) is 27.7 Å². The van der Waals surface area contributed by atoms with Crippen molar-refractivity contribution in [2.45, 2.75) is 25.4 Å². The Morgan fingerprint density at radius 2 is 2.14 bits per heavy atom. The van der Waals surface area contributed by atoms with Crippen molar-refractivity contribution in [3.63, 3.8) is 0 Å². The highest BCUT2D eigenvalue weighted by Gasteiger charge is 2.27. The standard InChI is InChI=1S/C15H15N3OS2/c1-2-13(11-3-6-20-9-11)18(5-1)8-14-16-15(17-19-14)12-4-7-21-10-12/h3-4,6-7,9-10,13H,1-2,5,8H2/t13-/m1/s1. The third-order valence-electron chi connectivity index (χ3n) is 3.88. The Bertz CT molecular complexity index is 690. The van der Waals surface area contributed by atoms with E-state index < -0.39 is 0 Å². The molecule has 0 bridgehead atoms. The fourth-order valence-electron chi connectivity index (χ4n) is 2.86. The molecule has 4 heterocycles. The summed E-state index contributed by atoms with van der Waals surface area (Å²) in [6.07, 6.45) is 2.44. The van der Waals surface area contributed by atoms with E-state index in [0.717, 1.165) is 18.7 Å². The monoisotopic (exact) mass is 317 g/mol. The zero-order valence-electron chi connectivity index (χ0n) is 11.4. The highest BCUT2D eigenvalue weighted by Crippen LogP contribution is 2.34. The molecule has 1 fully saturated rings. The maximum atomic E-state index is 5.42. The third-order valence-corrected chi connectivity index (χ3v) is 5.26. The van der Waals surface area contributed by atoms with Crippen molar-refractivity contribution in [1.29, 1.82) is 0 Å².